The molecule has 6 nitrogen and oxygen atoms in total. The van der Waals surface area contributed by atoms with Crippen LogP contribution < -0.4 is 0 Å². The van der Waals surface area contributed by atoms with Crippen molar-refractivity contribution in [2.75, 3.05) is 6.54 Å². The summed E-state index contributed by atoms with van der Waals surface area (Å²) in [6.07, 6.45) is 4.83. The fraction of sp³-hybridized carbons (Fsp3) is 0.462. The van der Waals surface area contributed by atoms with E-state index in [4.69, 9.17) is 5.26 Å². The van der Waals surface area contributed by atoms with Crippen LogP contribution in [0.15, 0.2) is 18.5 Å². The van der Waals surface area contributed by atoms with Gasteiger partial charge in [-0.15, -0.1) is 0 Å². The van der Waals surface area contributed by atoms with E-state index in [-0.39, 0.29) is 0 Å². The lowest BCUT2D eigenvalue weighted by molar-refractivity contribution is 0.252. The highest BCUT2D eigenvalue weighted by atomic mass is 15.3. The lowest BCUT2D eigenvalue weighted by Crippen LogP contribution is -2.24. The zero-order valence-electron chi connectivity index (χ0n) is 11.0. The molecule has 1 aliphatic rings. The van der Waals surface area contributed by atoms with Crippen molar-refractivity contribution in [2.24, 2.45) is 7.05 Å². The van der Waals surface area contributed by atoms with E-state index in [0.29, 0.717) is 5.69 Å². The number of aryl methyl sites for hydroxylation is 2. The van der Waals surface area contributed by atoms with E-state index in [2.05, 4.69) is 21.1 Å². The van der Waals surface area contributed by atoms with Crippen LogP contribution in [-0.4, -0.2) is 30.8 Å². The molecule has 0 aliphatic carbocycles. The first-order chi connectivity index (χ1) is 9.26. The van der Waals surface area contributed by atoms with Crippen LogP contribution in [0.2, 0.25) is 0 Å². The Balaban J connectivity index is 1.78. The standard InChI is InChI=1S/C13H16N6/c1-17-6-3-15-13(17)10-18-4-2-5-19-12(9-18)7-11(8-14)16-19/h3,6-7H,2,4-5,9-10H2,1H3. The molecule has 0 N–H and O–H groups in total. The van der Waals surface area contributed by atoms with Crippen LogP contribution in [0.25, 0.3) is 0 Å². The molecule has 6 heteroatoms. The topological polar surface area (TPSA) is 62.7 Å². The summed E-state index contributed by atoms with van der Waals surface area (Å²) < 4.78 is 4.00. The van der Waals surface area contributed by atoms with E-state index in [9.17, 15) is 0 Å². The SMILES string of the molecule is Cn1ccnc1CN1CCCn2nc(C#N)cc2C1. The van der Waals surface area contributed by atoms with Crippen molar-refractivity contribution in [1.29, 1.82) is 5.26 Å². The fourth-order valence-electron chi connectivity index (χ4n) is 2.47. The molecule has 2 aromatic rings. The molecule has 0 saturated heterocycles. The molecule has 19 heavy (non-hydrogen) atoms. The first kappa shape index (κ1) is 11.9. The van der Waals surface area contributed by atoms with E-state index in [0.717, 1.165) is 44.1 Å². The number of nitrogens with zero attached hydrogens (tertiary/aromatic N) is 6. The lowest BCUT2D eigenvalue weighted by Gasteiger charge is -2.18. The molecule has 0 spiro atoms. The van der Waals surface area contributed by atoms with Gasteiger partial charge < -0.3 is 4.57 Å². The predicted octanol–water partition coefficient (Wildman–Crippen LogP) is 0.894. The number of hydrogen-bond donors (Lipinski definition) is 0. The van der Waals surface area contributed by atoms with Crippen LogP contribution in [0.1, 0.15) is 23.6 Å². The summed E-state index contributed by atoms with van der Waals surface area (Å²) in [5.41, 5.74) is 1.62. The average Bonchev–Trinajstić information content (AvgIpc) is 2.92. The minimum absolute atomic E-state index is 0.508. The first-order valence-electron chi connectivity index (χ1n) is 6.41. The third-order valence-corrected chi connectivity index (χ3v) is 3.49. The van der Waals surface area contributed by atoms with Crippen LogP contribution in [0.3, 0.4) is 0 Å². The second kappa shape index (κ2) is 4.86. The molecule has 2 aromatic heterocycles. The van der Waals surface area contributed by atoms with Crippen molar-refractivity contribution in [3.63, 3.8) is 0 Å². The minimum atomic E-state index is 0.508. The molecular weight excluding hydrogens is 240 g/mol. The summed E-state index contributed by atoms with van der Waals surface area (Å²) in [4.78, 5) is 6.72. The van der Waals surface area contributed by atoms with Gasteiger partial charge in [-0.2, -0.15) is 10.4 Å². The number of hydrogen-bond acceptors (Lipinski definition) is 4. The van der Waals surface area contributed by atoms with Gasteiger partial charge in [0.2, 0.25) is 0 Å². The number of aromatic nitrogens is 4. The van der Waals surface area contributed by atoms with E-state index >= 15 is 0 Å². The van der Waals surface area contributed by atoms with Crippen LogP contribution in [0.4, 0.5) is 0 Å². The van der Waals surface area contributed by atoms with Gasteiger partial charge in [-0.3, -0.25) is 9.58 Å². The number of fused-ring (bicyclic) bond motifs is 1. The van der Waals surface area contributed by atoms with Crippen LogP contribution in [0.5, 0.6) is 0 Å². The van der Waals surface area contributed by atoms with Crippen LogP contribution in [0, 0.1) is 11.3 Å². The van der Waals surface area contributed by atoms with Gasteiger partial charge in [-0.25, -0.2) is 4.98 Å². The molecule has 0 amide bonds. The highest BCUT2D eigenvalue weighted by molar-refractivity contribution is 5.22. The largest absolute Gasteiger partial charge is 0.337 e. The molecule has 0 bridgehead atoms. The number of rotatable bonds is 2. The second-order valence-electron chi connectivity index (χ2n) is 4.87. The van der Waals surface area contributed by atoms with Gasteiger partial charge in [0.25, 0.3) is 0 Å². The van der Waals surface area contributed by atoms with Gasteiger partial charge in [0.1, 0.15) is 11.9 Å². The maximum absolute atomic E-state index is 8.91. The normalized spacial score (nSPS) is 15.8. The monoisotopic (exact) mass is 256 g/mol. The highest BCUT2D eigenvalue weighted by Crippen LogP contribution is 2.15. The molecule has 3 heterocycles. The average molecular weight is 256 g/mol. The Morgan fingerprint density at radius 2 is 2.32 bits per heavy atom. The summed E-state index contributed by atoms with van der Waals surface area (Å²) in [5, 5.41) is 13.2. The van der Waals surface area contributed by atoms with Gasteiger partial charge >= 0.3 is 0 Å². The predicted molar refractivity (Wildman–Crippen MR) is 68.9 cm³/mol. The third-order valence-electron chi connectivity index (χ3n) is 3.49. The molecule has 0 aromatic carbocycles. The Morgan fingerprint density at radius 1 is 1.42 bits per heavy atom. The quantitative estimate of drug-likeness (QED) is 0.800. The van der Waals surface area contributed by atoms with Crippen LogP contribution in [-0.2, 0) is 26.7 Å². The van der Waals surface area contributed by atoms with Crippen molar-refractivity contribution in [1.82, 2.24) is 24.2 Å². The summed E-state index contributed by atoms with van der Waals surface area (Å²) in [7, 11) is 2.01. The second-order valence-corrected chi connectivity index (χ2v) is 4.87. The van der Waals surface area contributed by atoms with Gasteiger partial charge in [-0.05, 0) is 12.5 Å². The Morgan fingerprint density at radius 3 is 3.05 bits per heavy atom. The van der Waals surface area contributed by atoms with Crippen molar-refractivity contribution >= 4 is 0 Å². The maximum Gasteiger partial charge on any atom is 0.162 e. The number of nitriles is 1. The smallest absolute Gasteiger partial charge is 0.162 e. The summed E-state index contributed by atoms with van der Waals surface area (Å²) >= 11 is 0. The molecule has 0 fully saturated rings. The molecule has 0 unspecified atom stereocenters. The minimum Gasteiger partial charge on any atom is -0.337 e. The summed E-state index contributed by atoms with van der Waals surface area (Å²) in [6.45, 7) is 3.56. The highest BCUT2D eigenvalue weighted by Gasteiger charge is 2.17. The zero-order valence-corrected chi connectivity index (χ0v) is 11.0. The molecule has 3 rings (SSSR count). The van der Waals surface area contributed by atoms with E-state index in [1.807, 2.05) is 34.8 Å². The van der Waals surface area contributed by atoms with E-state index in [1.165, 1.54) is 0 Å². The van der Waals surface area contributed by atoms with Crippen molar-refractivity contribution in [2.45, 2.75) is 26.1 Å². The summed E-state index contributed by atoms with van der Waals surface area (Å²) in [5.74, 6) is 1.06. The van der Waals surface area contributed by atoms with Crippen molar-refractivity contribution in [3.05, 3.63) is 35.7 Å². The van der Waals surface area contributed by atoms with Gasteiger partial charge in [0.05, 0.1) is 12.2 Å². The molecule has 0 atom stereocenters. The molecule has 98 valence electrons. The Bertz CT molecular complexity index is 617. The van der Waals surface area contributed by atoms with E-state index < -0.39 is 0 Å². The fourth-order valence-corrected chi connectivity index (χ4v) is 2.47. The van der Waals surface area contributed by atoms with Gasteiger partial charge in [-0.1, -0.05) is 0 Å². The molecule has 0 saturated carbocycles. The molecule has 1 aliphatic heterocycles. The maximum atomic E-state index is 8.91. The molecule has 0 radical (unpaired) electrons. The van der Waals surface area contributed by atoms with Crippen molar-refractivity contribution in [3.8, 4) is 6.07 Å². The summed E-state index contributed by atoms with van der Waals surface area (Å²) in [6, 6.07) is 3.99. The van der Waals surface area contributed by atoms with Gasteiger partial charge in [0, 0.05) is 39.1 Å². The molecular formula is C13H16N6. The zero-order chi connectivity index (χ0) is 13.2. The third kappa shape index (κ3) is 2.37. The first-order valence-corrected chi connectivity index (χ1v) is 6.41. The Hall–Kier alpha value is -2.13. The number of imidazole rings is 1. The Kier molecular flexibility index (Phi) is 3.05. The van der Waals surface area contributed by atoms with Crippen LogP contribution >= 0.6 is 0 Å². The van der Waals surface area contributed by atoms with Crippen molar-refractivity contribution < 1.29 is 0 Å². The van der Waals surface area contributed by atoms with E-state index in [1.54, 1.807) is 0 Å². The lowest BCUT2D eigenvalue weighted by atomic mass is 10.3. The Labute approximate surface area is 111 Å². The van der Waals surface area contributed by atoms with Gasteiger partial charge in [0.15, 0.2) is 5.69 Å².